The summed E-state index contributed by atoms with van der Waals surface area (Å²) in [7, 11) is 0. The highest BCUT2D eigenvalue weighted by Gasteiger charge is 2.35. The van der Waals surface area contributed by atoms with Gasteiger partial charge in [0.25, 0.3) is 0 Å². The number of carbonyl (C=O) groups is 1. The van der Waals surface area contributed by atoms with Crippen LogP contribution in [0.1, 0.15) is 18.5 Å². The number of rotatable bonds is 3. The van der Waals surface area contributed by atoms with Crippen molar-refractivity contribution < 1.29 is 13.6 Å². The molecular formula is C17H18F2N4O. The summed E-state index contributed by atoms with van der Waals surface area (Å²) >= 11 is 0. The molecule has 2 aromatic rings. The van der Waals surface area contributed by atoms with Crippen molar-refractivity contribution in [1.82, 2.24) is 16.2 Å². The van der Waals surface area contributed by atoms with Crippen molar-refractivity contribution in [3.05, 3.63) is 65.7 Å². The number of halogens is 2. The minimum absolute atomic E-state index is 0.0287. The maximum Gasteiger partial charge on any atom is 0.319 e. The Kier molecular flexibility index (Phi) is 4.73. The van der Waals surface area contributed by atoms with E-state index < -0.39 is 17.7 Å². The Morgan fingerprint density at radius 3 is 2.54 bits per heavy atom. The summed E-state index contributed by atoms with van der Waals surface area (Å²) in [6.07, 6.45) is 0. The standard InChI is InChI=1S/C17H18F2N4O/c1-10-15(16(23-22-10)11-5-3-2-4-6-11)21-17(24)20-14-8-7-12(18)9-13(14)19/h2-10,15-16,22-23H,1H3,(H2,20,21,24). The molecule has 3 unspecified atom stereocenters. The number of urea groups is 1. The predicted octanol–water partition coefficient (Wildman–Crippen LogP) is 2.69. The Hall–Kier alpha value is -2.51. The number of amides is 2. The van der Waals surface area contributed by atoms with E-state index in [1.807, 2.05) is 37.3 Å². The third-order valence-corrected chi connectivity index (χ3v) is 4.00. The van der Waals surface area contributed by atoms with Gasteiger partial charge in [-0.05, 0) is 24.6 Å². The number of hydrogen-bond acceptors (Lipinski definition) is 3. The first kappa shape index (κ1) is 16.4. The van der Waals surface area contributed by atoms with Gasteiger partial charge in [-0.25, -0.2) is 19.0 Å². The number of benzene rings is 2. The van der Waals surface area contributed by atoms with Crippen molar-refractivity contribution in [3.8, 4) is 0 Å². The monoisotopic (exact) mass is 332 g/mol. The second-order valence-corrected chi connectivity index (χ2v) is 5.71. The molecule has 5 nitrogen and oxygen atoms in total. The van der Waals surface area contributed by atoms with Crippen molar-refractivity contribution in [2.75, 3.05) is 5.32 Å². The molecule has 126 valence electrons. The molecule has 0 radical (unpaired) electrons. The average molecular weight is 332 g/mol. The van der Waals surface area contributed by atoms with Crippen LogP contribution in [0.25, 0.3) is 0 Å². The lowest BCUT2D eigenvalue weighted by molar-refractivity contribution is 0.246. The molecule has 24 heavy (non-hydrogen) atoms. The molecule has 0 spiro atoms. The number of nitrogens with one attached hydrogen (secondary N) is 4. The number of hydrogen-bond donors (Lipinski definition) is 4. The Labute approximate surface area is 138 Å². The molecule has 0 aromatic heterocycles. The summed E-state index contributed by atoms with van der Waals surface area (Å²) in [5.74, 6) is -1.51. The minimum Gasteiger partial charge on any atom is -0.332 e. The van der Waals surface area contributed by atoms with Gasteiger partial charge in [0.15, 0.2) is 0 Å². The van der Waals surface area contributed by atoms with Crippen LogP contribution in [0.4, 0.5) is 19.3 Å². The highest BCUT2D eigenvalue weighted by molar-refractivity contribution is 5.89. The zero-order valence-electron chi connectivity index (χ0n) is 13.0. The van der Waals surface area contributed by atoms with E-state index in [0.717, 1.165) is 17.7 Å². The van der Waals surface area contributed by atoms with Crippen LogP contribution in [0, 0.1) is 11.6 Å². The van der Waals surface area contributed by atoms with Crippen molar-refractivity contribution >= 4 is 11.7 Å². The van der Waals surface area contributed by atoms with Gasteiger partial charge in [0.05, 0.1) is 17.8 Å². The number of carbonyl (C=O) groups excluding carboxylic acids is 1. The summed E-state index contributed by atoms with van der Waals surface area (Å²) in [4.78, 5) is 12.2. The lowest BCUT2D eigenvalue weighted by Gasteiger charge is -2.23. The average Bonchev–Trinajstić information content (AvgIpc) is 2.92. The van der Waals surface area contributed by atoms with Crippen LogP contribution in [0.2, 0.25) is 0 Å². The van der Waals surface area contributed by atoms with Crippen LogP contribution < -0.4 is 21.5 Å². The summed E-state index contributed by atoms with van der Waals surface area (Å²) < 4.78 is 26.6. The van der Waals surface area contributed by atoms with Crippen molar-refractivity contribution in [2.24, 2.45) is 0 Å². The minimum atomic E-state index is -0.819. The van der Waals surface area contributed by atoms with Gasteiger partial charge in [0, 0.05) is 12.1 Å². The maximum absolute atomic E-state index is 13.6. The molecule has 2 aromatic carbocycles. The van der Waals surface area contributed by atoms with Gasteiger partial charge in [-0.2, -0.15) is 0 Å². The number of hydrazine groups is 1. The molecule has 3 rings (SSSR count). The molecule has 0 aliphatic carbocycles. The highest BCUT2D eigenvalue weighted by Crippen LogP contribution is 2.23. The first-order valence-corrected chi connectivity index (χ1v) is 7.63. The quantitative estimate of drug-likeness (QED) is 0.699. The molecule has 1 fully saturated rings. The van der Waals surface area contributed by atoms with Crippen molar-refractivity contribution in [2.45, 2.75) is 25.0 Å². The molecular weight excluding hydrogens is 314 g/mol. The fourth-order valence-electron chi connectivity index (χ4n) is 2.75. The van der Waals surface area contributed by atoms with E-state index in [1.54, 1.807) is 0 Å². The second kappa shape index (κ2) is 6.94. The van der Waals surface area contributed by atoms with E-state index in [9.17, 15) is 13.6 Å². The Bertz CT molecular complexity index is 726. The Morgan fingerprint density at radius 1 is 1.08 bits per heavy atom. The van der Waals surface area contributed by atoms with Gasteiger partial charge < -0.3 is 10.6 Å². The zero-order chi connectivity index (χ0) is 17.1. The topological polar surface area (TPSA) is 65.2 Å². The normalized spacial score (nSPS) is 23.0. The van der Waals surface area contributed by atoms with Gasteiger partial charge in [-0.15, -0.1) is 0 Å². The smallest absolute Gasteiger partial charge is 0.319 e. The number of anilines is 1. The highest BCUT2D eigenvalue weighted by atomic mass is 19.1. The second-order valence-electron chi connectivity index (χ2n) is 5.71. The third-order valence-electron chi connectivity index (χ3n) is 4.00. The lowest BCUT2D eigenvalue weighted by atomic mass is 9.97. The molecule has 1 saturated heterocycles. The summed E-state index contributed by atoms with van der Waals surface area (Å²) in [6.45, 7) is 1.93. The first-order chi connectivity index (χ1) is 11.5. The van der Waals surface area contributed by atoms with Crippen molar-refractivity contribution in [1.29, 1.82) is 0 Å². The molecule has 1 heterocycles. The summed E-state index contributed by atoms with van der Waals surface area (Å²) in [5.41, 5.74) is 7.18. The third kappa shape index (κ3) is 3.52. The van der Waals surface area contributed by atoms with Crippen LogP contribution in [0.15, 0.2) is 48.5 Å². The summed E-state index contributed by atoms with van der Waals surface area (Å²) in [5, 5.41) is 5.24. The molecule has 0 saturated carbocycles. The van der Waals surface area contributed by atoms with Crippen molar-refractivity contribution in [3.63, 3.8) is 0 Å². The van der Waals surface area contributed by atoms with E-state index in [1.165, 1.54) is 6.07 Å². The van der Waals surface area contributed by atoms with Crippen LogP contribution in [0.3, 0.4) is 0 Å². The fraction of sp³-hybridized carbons (Fsp3) is 0.235. The summed E-state index contributed by atoms with van der Waals surface area (Å²) in [6, 6.07) is 11.7. The largest absolute Gasteiger partial charge is 0.332 e. The molecule has 2 amide bonds. The molecule has 4 N–H and O–H groups in total. The SMILES string of the molecule is CC1NNC(c2ccccc2)C1NC(=O)Nc1ccc(F)cc1F. The molecule has 1 aliphatic rings. The van der Waals surface area contributed by atoms with Gasteiger partial charge in [-0.3, -0.25) is 5.43 Å². The van der Waals surface area contributed by atoms with E-state index >= 15 is 0 Å². The predicted molar refractivity (Wildman–Crippen MR) is 87.2 cm³/mol. The Morgan fingerprint density at radius 2 is 1.83 bits per heavy atom. The molecule has 7 heteroatoms. The van der Waals surface area contributed by atoms with Crippen LogP contribution in [0.5, 0.6) is 0 Å². The van der Waals surface area contributed by atoms with Gasteiger partial charge in [-0.1, -0.05) is 30.3 Å². The van der Waals surface area contributed by atoms with Gasteiger partial charge in [0.1, 0.15) is 11.6 Å². The van der Waals surface area contributed by atoms with Crippen LogP contribution in [-0.2, 0) is 0 Å². The fourth-order valence-corrected chi connectivity index (χ4v) is 2.75. The Balaban J connectivity index is 1.70. The first-order valence-electron chi connectivity index (χ1n) is 7.63. The zero-order valence-corrected chi connectivity index (χ0v) is 13.0. The van der Waals surface area contributed by atoms with Gasteiger partial charge in [0.2, 0.25) is 0 Å². The van der Waals surface area contributed by atoms with Crippen LogP contribution in [-0.4, -0.2) is 18.1 Å². The molecule has 0 bridgehead atoms. The van der Waals surface area contributed by atoms with E-state index in [-0.39, 0.29) is 23.8 Å². The van der Waals surface area contributed by atoms with E-state index in [0.29, 0.717) is 0 Å². The van der Waals surface area contributed by atoms with Crippen LogP contribution >= 0.6 is 0 Å². The molecule has 3 atom stereocenters. The molecule has 1 aliphatic heterocycles. The lowest BCUT2D eigenvalue weighted by Crippen LogP contribution is -2.46. The van der Waals surface area contributed by atoms with E-state index in [4.69, 9.17) is 0 Å². The van der Waals surface area contributed by atoms with E-state index in [2.05, 4.69) is 21.5 Å². The van der Waals surface area contributed by atoms with Gasteiger partial charge >= 0.3 is 6.03 Å². The maximum atomic E-state index is 13.6.